The second kappa shape index (κ2) is 6.29. The molecule has 0 saturated heterocycles. The Kier molecular flexibility index (Phi) is 4.72. The van der Waals surface area contributed by atoms with Gasteiger partial charge in [-0.25, -0.2) is 0 Å². The Labute approximate surface area is 108 Å². The normalized spacial score (nSPS) is 18.2. The van der Waals surface area contributed by atoms with Gasteiger partial charge < -0.3 is 20.8 Å². The van der Waals surface area contributed by atoms with Crippen LogP contribution in [0.5, 0.6) is 0 Å². The Morgan fingerprint density at radius 2 is 2.22 bits per heavy atom. The molecule has 1 aliphatic rings. The van der Waals surface area contributed by atoms with Crippen LogP contribution < -0.4 is 10.6 Å². The first kappa shape index (κ1) is 13.5. The predicted molar refractivity (Wildman–Crippen MR) is 71.4 cm³/mol. The summed E-state index contributed by atoms with van der Waals surface area (Å²) in [6, 6.07) is 5.96. The van der Waals surface area contributed by atoms with Gasteiger partial charge in [0.1, 0.15) is 6.10 Å². The summed E-state index contributed by atoms with van der Waals surface area (Å²) in [6.07, 6.45) is -0.0220. The van der Waals surface area contributed by atoms with Gasteiger partial charge in [0.2, 0.25) is 0 Å². The van der Waals surface area contributed by atoms with Crippen LogP contribution in [0.1, 0.15) is 29.2 Å². The quantitative estimate of drug-likeness (QED) is 0.608. The molecule has 0 spiro atoms. The molecule has 1 aromatic carbocycles. The molecule has 1 heterocycles. The van der Waals surface area contributed by atoms with E-state index in [1.807, 2.05) is 19.2 Å². The molecule has 100 valence electrons. The average Bonchev–Trinajstić information content (AvgIpc) is 2.43. The molecule has 1 aliphatic heterocycles. The van der Waals surface area contributed by atoms with Gasteiger partial charge >= 0.3 is 0 Å². The molecular weight excluding hydrogens is 228 g/mol. The van der Waals surface area contributed by atoms with Crippen molar-refractivity contribution in [2.45, 2.75) is 31.6 Å². The minimum atomic E-state index is -0.786. The molecule has 0 aromatic heterocycles. The summed E-state index contributed by atoms with van der Waals surface area (Å²) in [7, 11) is 1.84. The maximum Gasteiger partial charge on any atom is 0.105 e. The van der Waals surface area contributed by atoms with E-state index in [-0.39, 0.29) is 0 Å². The fourth-order valence-corrected chi connectivity index (χ4v) is 2.50. The van der Waals surface area contributed by atoms with Crippen molar-refractivity contribution in [3.05, 3.63) is 34.9 Å². The second-order valence-electron chi connectivity index (χ2n) is 4.82. The summed E-state index contributed by atoms with van der Waals surface area (Å²) in [4.78, 5) is 0. The maximum atomic E-state index is 10.3. The van der Waals surface area contributed by atoms with Crippen LogP contribution in [0, 0.1) is 0 Å². The van der Waals surface area contributed by atoms with Crippen LogP contribution in [0.15, 0.2) is 18.2 Å². The minimum Gasteiger partial charge on any atom is -0.390 e. The second-order valence-corrected chi connectivity index (χ2v) is 4.82. The number of hydrogen-bond acceptors (Lipinski definition) is 4. The summed E-state index contributed by atoms with van der Waals surface area (Å²) >= 11 is 0. The van der Waals surface area contributed by atoms with E-state index in [1.54, 1.807) is 0 Å². The van der Waals surface area contributed by atoms with Gasteiger partial charge in [-0.15, -0.1) is 0 Å². The van der Waals surface area contributed by atoms with Crippen molar-refractivity contribution in [3.63, 3.8) is 0 Å². The standard InChI is InChI=1S/C14H22N2O2/c1-15-7-6-13(17)14(18)12-4-2-3-10-9-16-8-5-11(10)12/h2-4,13-18H,5-9H2,1H3. The maximum absolute atomic E-state index is 10.3. The van der Waals surface area contributed by atoms with Gasteiger partial charge in [-0.05, 0) is 49.7 Å². The van der Waals surface area contributed by atoms with Gasteiger partial charge in [0.25, 0.3) is 0 Å². The third-order valence-electron chi connectivity index (χ3n) is 3.55. The zero-order chi connectivity index (χ0) is 13.0. The van der Waals surface area contributed by atoms with Crippen LogP contribution in [0.2, 0.25) is 0 Å². The molecule has 2 atom stereocenters. The van der Waals surface area contributed by atoms with E-state index in [1.165, 1.54) is 11.1 Å². The Morgan fingerprint density at radius 1 is 1.39 bits per heavy atom. The van der Waals surface area contributed by atoms with Gasteiger partial charge in [0, 0.05) is 6.54 Å². The number of benzene rings is 1. The molecule has 4 nitrogen and oxygen atoms in total. The first-order valence-electron chi connectivity index (χ1n) is 6.56. The Bertz CT molecular complexity index is 395. The summed E-state index contributed by atoms with van der Waals surface area (Å²) in [6.45, 7) is 2.49. The summed E-state index contributed by atoms with van der Waals surface area (Å²) in [5, 5.41) is 26.6. The Balaban J connectivity index is 2.16. The summed E-state index contributed by atoms with van der Waals surface area (Å²) in [5.74, 6) is 0. The topological polar surface area (TPSA) is 64.5 Å². The minimum absolute atomic E-state index is 0.555. The van der Waals surface area contributed by atoms with Crippen LogP contribution in [0.3, 0.4) is 0 Å². The van der Waals surface area contributed by atoms with Gasteiger partial charge in [-0.2, -0.15) is 0 Å². The van der Waals surface area contributed by atoms with E-state index in [0.717, 1.165) is 25.1 Å². The van der Waals surface area contributed by atoms with Crippen molar-refractivity contribution in [1.82, 2.24) is 10.6 Å². The highest BCUT2D eigenvalue weighted by atomic mass is 16.3. The van der Waals surface area contributed by atoms with Crippen molar-refractivity contribution in [2.75, 3.05) is 20.1 Å². The van der Waals surface area contributed by atoms with E-state index in [2.05, 4.69) is 16.7 Å². The monoisotopic (exact) mass is 250 g/mol. The van der Waals surface area contributed by atoms with E-state index < -0.39 is 12.2 Å². The van der Waals surface area contributed by atoms with Crippen molar-refractivity contribution >= 4 is 0 Å². The zero-order valence-electron chi connectivity index (χ0n) is 10.8. The fraction of sp³-hybridized carbons (Fsp3) is 0.571. The third-order valence-corrected chi connectivity index (χ3v) is 3.55. The predicted octanol–water partition coefficient (Wildman–Crippen LogP) is 0.336. The van der Waals surface area contributed by atoms with Crippen molar-refractivity contribution in [1.29, 1.82) is 0 Å². The number of aliphatic hydroxyl groups is 2. The molecular formula is C14H22N2O2. The molecule has 4 N–H and O–H groups in total. The zero-order valence-corrected chi connectivity index (χ0v) is 10.8. The molecule has 0 amide bonds. The largest absolute Gasteiger partial charge is 0.390 e. The number of nitrogens with one attached hydrogen (secondary N) is 2. The fourth-order valence-electron chi connectivity index (χ4n) is 2.50. The molecule has 0 fully saturated rings. The van der Waals surface area contributed by atoms with Crippen molar-refractivity contribution in [3.8, 4) is 0 Å². The highest BCUT2D eigenvalue weighted by Crippen LogP contribution is 2.27. The lowest BCUT2D eigenvalue weighted by atomic mass is 9.90. The van der Waals surface area contributed by atoms with Gasteiger partial charge in [0.15, 0.2) is 0 Å². The molecule has 1 aromatic rings. The first-order valence-corrected chi connectivity index (χ1v) is 6.56. The number of hydrogen-bond donors (Lipinski definition) is 4. The van der Waals surface area contributed by atoms with E-state index in [4.69, 9.17) is 0 Å². The van der Waals surface area contributed by atoms with Crippen molar-refractivity contribution < 1.29 is 10.2 Å². The van der Waals surface area contributed by atoms with Crippen LogP contribution in [-0.4, -0.2) is 36.5 Å². The Morgan fingerprint density at radius 3 is 3.00 bits per heavy atom. The average molecular weight is 250 g/mol. The van der Waals surface area contributed by atoms with Gasteiger partial charge in [-0.3, -0.25) is 0 Å². The number of rotatable bonds is 5. The van der Waals surface area contributed by atoms with Crippen LogP contribution in [0.25, 0.3) is 0 Å². The lowest BCUT2D eigenvalue weighted by Crippen LogP contribution is -2.28. The van der Waals surface area contributed by atoms with E-state index in [0.29, 0.717) is 13.0 Å². The highest BCUT2D eigenvalue weighted by molar-refractivity contribution is 5.38. The lowest BCUT2D eigenvalue weighted by molar-refractivity contribution is 0.0134. The molecule has 2 rings (SSSR count). The van der Waals surface area contributed by atoms with Crippen molar-refractivity contribution in [2.24, 2.45) is 0 Å². The third kappa shape index (κ3) is 2.90. The molecule has 0 radical (unpaired) electrons. The Hall–Kier alpha value is -0.940. The molecule has 0 saturated carbocycles. The number of aliphatic hydroxyl groups excluding tert-OH is 2. The van der Waals surface area contributed by atoms with Gasteiger partial charge in [-0.1, -0.05) is 18.2 Å². The van der Waals surface area contributed by atoms with Crippen LogP contribution in [0.4, 0.5) is 0 Å². The summed E-state index contributed by atoms with van der Waals surface area (Å²) < 4.78 is 0. The van der Waals surface area contributed by atoms with E-state index in [9.17, 15) is 10.2 Å². The molecule has 2 unspecified atom stereocenters. The smallest absolute Gasteiger partial charge is 0.105 e. The molecule has 0 bridgehead atoms. The molecule has 0 aliphatic carbocycles. The SMILES string of the molecule is CNCCC(O)C(O)c1cccc2c1CCNC2. The highest BCUT2D eigenvalue weighted by Gasteiger charge is 2.22. The molecule has 18 heavy (non-hydrogen) atoms. The van der Waals surface area contributed by atoms with E-state index >= 15 is 0 Å². The lowest BCUT2D eigenvalue weighted by Gasteiger charge is -2.25. The van der Waals surface area contributed by atoms with Crippen LogP contribution >= 0.6 is 0 Å². The van der Waals surface area contributed by atoms with Gasteiger partial charge in [0.05, 0.1) is 6.10 Å². The first-order chi connectivity index (χ1) is 8.74. The molecule has 4 heteroatoms. The van der Waals surface area contributed by atoms with Crippen LogP contribution in [-0.2, 0) is 13.0 Å². The summed E-state index contributed by atoms with van der Waals surface area (Å²) in [5.41, 5.74) is 3.32. The number of fused-ring (bicyclic) bond motifs is 1.